The summed E-state index contributed by atoms with van der Waals surface area (Å²) in [5, 5.41) is 2.91. The minimum atomic E-state index is -4.50. The van der Waals surface area contributed by atoms with Crippen LogP contribution in [-0.2, 0) is 19.3 Å². The highest BCUT2D eigenvalue weighted by atomic mass is 19.4. The van der Waals surface area contributed by atoms with Crippen molar-refractivity contribution in [2.75, 3.05) is 0 Å². The molecule has 0 spiro atoms. The first kappa shape index (κ1) is 13.6. The number of hydrogen-bond donors (Lipinski definition) is 2. The van der Waals surface area contributed by atoms with Crippen molar-refractivity contribution in [1.82, 2.24) is 14.9 Å². The smallest absolute Gasteiger partial charge is 0.307 e. The van der Waals surface area contributed by atoms with Crippen LogP contribution in [0.2, 0.25) is 0 Å². The fraction of sp³-hybridized carbons (Fsp3) is 0.231. The Hall–Kier alpha value is -2.35. The lowest BCUT2D eigenvalue weighted by molar-refractivity contribution is -0.137. The lowest BCUT2D eigenvalue weighted by Crippen LogP contribution is -2.33. The van der Waals surface area contributed by atoms with Gasteiger partial charge in [-0.25, -0.2) is 4.79 Å². The molecule has 1 aliphatic heterocycles. The predicted octanol–water partition coefficient (Wildman–Crippen LogP) is 1.15. The molecule has 0 saturated carbocycles. The first-order valence-corrected chi connectivity index (χ1v) is 6.13. The SMILES string of the molecule is O=c1[nH]c(=O)n(-c2cccc(C(F)(F)F)c2)c2c1CNC2. The number of nitrogens with one attached hydrogen (secondary N) is 2. The average Bonchev–Trinajstić information content (AvgIpc) is 2.87. The summed E-state index contributed by atoms with van der Waals surface area (Å²) in [5.41, 5.74) is -1.27. The normalized spacial score (nSPS) is 14.2. The molecule has 0 atom stereocenters. The molecule has 1 aromatic carbocycles. The van der Waals surface area contributed by atoms with E-state index in [-0.39, 0.29) is 18.8 Å². The summed E-state index contributed by atoms with van der Waals surface area (Å²) in [6.07, 6.45) is -4.50. The summed E-state index contributed by atoms with van der Waals surface area (Å²) >= 11 is 0. The number of alkyl halides is 3. The topological polar surface area (TPSA) is 66.9 Å². The fourth-order valence-electron chi connectivity index (χ4n) is 2.39. The van der Waals surface area contributed by atoms with Crippen molar-refractivity contribution in [2.45, 2.75) is 19.3 Å². The van der Waals surface area contributed by atoms with Crippen molar-refractivity contribution in [2.24, 2.45) is 0 Å². The van der Waals surface area contributed by atoms with Gasteiger partial charge in [0.25, 0.3) is 5.56 Å². The van der Waals surface area contributed by atoms with Gasteiger partial charge in [-0.05, 0) is 18.2 Å². The molecule has 3 rings (SSSR count). The van der Waals surface area contributed by atoms with Gasteiger partial charge >= 0.3 is 11.9 Å². The van der Waals surface area contributed by atoms with Gasteiger partial charge in [-0.1, -0.05) is 6.07 Å². The molecule has 1 aromatic heterocycles. The summed E-state index contributed by atoms with van der Waals surface area (Å²) in [6.45, 7) is 0.536. The second-order valence-electron chi connectivity index (χ2n) is 4.67. The second-order valence-corrected chi connectivity index (χ2v) is 4.67. The highest BCUT2D eigenvalue weighted by molar-refractivity contribution is 5.40. The summed E-state index contributed by atoms with van der Waals surface area (Å²) < 4.78 is 39.4. The summed E-state index contributed by atoms with van der Waals surface area (Å²) in [7, 11) is 0. The number of H-pyrrole nitrogens is 1. The number of benzene rings is 1. The highest BCUT2D eigenvalue weighted by Gasteiger charge is 2.31. The van der Waals surface area contributed by atoms with Gasteiger partial charge in [0.05, 0.1) is 22.5 Å². The number of aromatic nitrogens is 2. The zero-order valence-electron chi connectivity index (χ0n) is 10.6. The quantitative estimate of drug-likeness (QED) is 0.829. The first-order chi connectivity index (χ1) is 9.88. The maximum atomic E-state index is 12.8. The molecule has 2 aromatic rings. The zero-order valence-corrected chi connectivity index (χ0v) is 10.6. The molecular formula is C13H10F3N3O2. The van der Waals surface area contributed by atoms with E-state index in [9.17, 15) is 22.8 Å². The molecule has 0 bridgehead atoms. The monoisotopic (exact) mass is 297 g/mol. The molecule has 0 fully saturated rings. The minimum Gasteiger partial charge on any atom is -0.307 e. The Morgan fingerprint density at radius 3 is 2.62 bits per heavy atom. The van der Waals surface area contributed by atoms with E-state index in [0.717, 1.165) is 16.7 Å². The molecule has 21 heavy (non-hydrogen) atoms. The van der Waals surface area contributed by atoms with E-state index in [1.807, 2.05) is 0 Å². The van der Waals surface area contributed by atoms with Crippen LogP contribution in [0.15, 0.2) is 33.9 Å². The standard InChI is InChI=1S/C13H10F3N3O2/c14-13(15,16)7-2-1-3-8(4-7)19-10-6-17-5-9(10)11(20)18-12(19)21/h1-4,17H,5-6H2,(H,18,20,21). The van der Waals surface area contributed by atoms with Crippen molar-refractivity contribution in [3.63, 3.8) is 0 Å². The van der Waals surface area contributed by atoms with E-state index < -0.39 is 23.0 Å². The maximum absolute atomic E-state index is 12.8. The molecule has 5 nitrogen and oxygen atoms in total. The van der Waals surface area contributed by atoms with Crippen molar-refractivity contribution in [3.8, 4) is 5.69 Å². The number of nitrogens with zero attached hydrogens (tertiary/aromatic N) is 1. The van der Waals surface area contributed by atoms with Gasteiger partial charge in [-0.2, -0.15) is 13.2 Å². The lowest BCUT2D eigenvalue weighted by atomic mass is 10.1. The Morgan fingerprint density at radius 1 is 1.14 bits per heavy atom. The van der Waals surface area contributed by atoms with E-state index in [4.69, 9.17) is 0 Å². The molecule has 0 unspecified atom stereocenters. The van der Waals surface area contributed by atoms with Crippen molar-refractivity contribution in [3.05, 3.63) is 61.9 Å². The van der Waals surface area contributed by atoms with Crippen LogP contribution in [0.1, 0.15) is 16.8 Å². The van der Waals surface area contributed by atoms with Gasteiger partial charge in [0.15, 0.2) is 0 Å². The largest absolute Gasteiger partial charge is 0.416 e. The number of fused-ring (bicyclic) bond motifs is 1. The van der Waals surface area contributed by atoms with E-state index in [1.54, 1.807) is 0 Å². The number of aromatic amines is 1. The van der Waals surface area contributed by atoms with Crippen LogP contribution in [-0.4, -0.2) is 9.55 Å². The highest BCUT2D eigenvalue weighted by Crippen LogP contribution is 2.30. The van der Waals surface area contributed by atoms with Crippen molar-refractivity contribution < 1.29 is 13.2 Å². The van der Waals surface area contributed by atoms with Gasteiger partial charge < -0.3 is 5.32 Å². The molecular weight excluding hydrogens is 287 g/mol. The molecule has 2 N–H and O–H groups in total. The van der Waals surface area contributed by atoms with Gasteiger partial charge in [0.2, 0.25) is 0 Å². The van der Waals surface area contributed by atoms with Gasteiger partial charge in [-0.15, -0.1) is 0 Å². The van der Waals surface area contributed by atoms with Crippen molar-refractivity contribution >= 4 is 0 Å². The van der Waals surface area contributed by atoms with Crippen LogP contribution in [0.25, 0.3) is 5.69 Å². The van der Waals surface area contributed by atoms with Gasteiger partial charge in [0, 0.05) is 13.1 Å². The molecule has 1 aliphatic rings. The van der Waals surface area contributed by atoms with Crippen LogP contribution in [0.5, 0.6) is 0 Å². The number of rotatable bonds is 1. The summed E-state index contributed by atoms with van der Waals surface area (Å²) in [6, 6.07) is 4.44. The zero-order chi connectivity index (χ0) is 15.2. The first-order valence-electron chi connectivity index (χ1n) is 6.13. The van der Waals surface area contributed by atoms with E-state index in [2.05, 4.69) is 10.3 Å². The van der Waals surface area contributed by atoms with Gasteiger partial charge in [0.1, 0.15) is 0 Å². The van der Waals surface area contributed by atoms with Crippen molar-refractivity contribution in [1.29, 1.82) is 0 Å². The minimum absolute atomic E-state index is 0.0750. The molecule has 0 amide bonds. The molecule has 8 heteroatoms. The van der Waals surface area contributed by atoms with E-state index in [0.29, 0.717) is 11.3 Å². The molecule has 0 saturated heterocycles. The molecule has 0 aliphatic carbocycles. The van der Waals surface area contributed by atoms with Crippen LogP contribution in [0, 0.1) is 0 Å². The van der Waals surface area contributed by atoms with Crippen LogP contribution < -0.4 is 16.6 Å². The fourth-order valence-corrected chi connectivity index (χ4v) is 2.39. The Bertz CT molecular complexity index is 821. The van der Waals surface area contributed by atoms with Gasteiger partial charge in [-0.3, -0.25) is 14.3 Å². The second kappa shape index (κ2) is 4.59. The van der Waals surface area contributed by atoms with E-state index >= 15 is 0 Å². The van der Waals surface area contributed by atoms with Crippen LogP contribution >= 0.6 is 0 Å². The summed E-state index contributed by atoms with van der Waals surface area (Å²) in [4.78, 5) is 25.7. The summed E-state index contributed by atoms with van der Waals surface area (Å²) in [5.74, 6) is 0. The Morgan fingerprint density at radius 2 is 1.90 bits per heavy atom. The lowest BCUT2D eigenvalue weighted by Gasteiger charge is -2.13. The molecule has 2 heterocycles. The number of hydrogen-bond acceptors (Lipinski definition) is 3. The number of halogens is 3. The third kappa shape index (κ3) is 2.27. The maximum Gasteiger partial charge on any atom is 0.416 e. The Balaban J connectivity index is 2.25. The predicted molar refractivity (Wildman–Crippen MR) is 68.2 cm³/mol. The third-order valence-electron chi connectivity index (χ3n) is 3.34. The Kier molecular flexibility index (Phi) is 2.98. The Labute approximate surface area is 116 Å². The molecule has 0 radical (unpaired) electrons. The van der Waals surface area contributed by atoms with Crippen LogP contribution in [0.4, 0.5) is 13.2 Å². The van der Waals surface area contributed by atoms with Crippen LogP contribution in [0.3, 0.4) is 0 Å². The third-order valence-corrected chi connectivity index (χ3v) is 3.34. The molecule has 110 valence electrons. The average molecular weight is 297 g/mol. The van der Waals surface area contributed by atoms with E-state index in [1.165, 1.54) is 12.1 Å².